The number of hydrogen-bond acceptors (Lipinski definition) is 4. The fourth-order valence-electron chi connectivity index (χ4n) is 7.24. The van der Waals surface area contributed by atoms with E-state index >= 15 is 0 Å². The Morgan fingerprint density at radius 2 is 0.617 bits per heavy atom. The van der Waals surface area contributed by atoms with E-state index in [1.54, 1.807) is 45.5 Å². The van der Waals surface area contributed by atoms with E-state index in [1.165, 1.54) is 75.6 Å². The number of hydrogen-bond donors (Lipinski definition) is 2. The van der Waals surface area contributed by atoms with Crippen LogP contribution in [0.15, 0.2) is 180 Å². The van der Waals surface area contributed by atoms with Crippen LogP contribution in [0.4, 0.5) is 0 Å². The van der Waals surface area contributed by atoms with Crippen molar-refractivity contribution in [3.63, 3.8) is 0 Å². The predicted octanol–water partition coefficient (Wildman–Crippen LogP) is 10.6. The van der Waals surface area contributed by atoms with Gasteiger partial charge in [0, 0.05) is 20.4 Å². The molecule has 0 spiro atoms. The Morgan fingerprint density at radius 3 is 0.817 bits per heavy atom. The molecule has 2 fully saturated rings. The first-order valence-corrected chi connectivity index (χ1v) is 25.5. The third-order valence-corrected chi connectivity index (χ3v) is 17.8. The monoisotopic (exact) mass is 1150 g/mol. The van der Waals surface area contributed by atoms with Crippen LogP contribution >= 0.6 is 15.8 Å². The molecule has 0 aromatic heterocycles. The van der Waals surface area contributed by atoms with Gasteiger partial charge < -0.3 is 0 Å². The molecule has 60 heavy (non-hydrogen) atoms. The molecule has 0 bridgehead atoms. The van der Waals surface area contributed by atoms with Crippen LogP contribution in [0.3, 0.4) is 0 Å². The molecule has 2 N–H and O–H groups in total. The molecule has 6 aromatic rings. The van der Waals surface area contributed by atoms with Crippen LogP contribution in [0.25, 0.3) is 0 Å². The summed E-state index contributed by atoms with van der Waals surface area (Å²) in [7, 11) is -8.34. The van der Waals surface area contributed by atoms with Crippen molar-refractivity contribution < 1.29 is 66.2 Å². The molecule has 0 amide bonds. The van der Waals surface area contributed by atoms with Crippen molar-refractivity contribution in [2.75, 3.05) is 0 Å². The molecule has 6 aromatic carbocycles. The molecule has 12 heteroatoms. The van der Waals surface area contributed by atoms with Crippen molar-refractivity contribution in [1.29, 1.82) is 0 Å². The Balaban J connectivity index is 0.000000217. The minimum atomic E-state index is -4.02. The van der Waals surface area contributed by atoms with E-state index in [-0.39, 0.29) is 65.8 Å². The summed E-state index contributed by atoms with van der Waals surface area (Å²) in [6.07, 6.45) is 11.3. The van der Waals surface area contributed by atoms with E-state index < -0.39 is 20.2 Å². The first-order valence-electron chi connectivity index (χ1n) is 19.8. The minimum absolute atomic E-state index is 0. The molecular formula is C48H54O6OsP2PdS2+2. The van der Waals surface area contributed by atoms with Gasteiger partial charge in [0.15, 0.2) is 0 Å². The zero-order valence-electron chi connectivity index (χ0n) is 33.9. The van der Waals surface area contributed by atoms with Crippen LogP contribution in [-0.2, 0) is 60.4 Å². The summed E-state index contributed by atoms with van der Waals surface area (Å²) in [6, 6.07) is 56.5. The van der Waals surface area contributed by atoms with Gasteiger partial charge in [0.25, 0.3) is 20.2 Å². The molecule has 6 nitrogen and oxygen atoms in total. The Labute approximate surface area is 387 Å². The van der Waals surface area contributed by atoms with Crippen molar-refractivity contribution in [1.82, 2.24) is 0 Å². The van der Waals surface area contributed by atoms with E-state index in [9.17, 15) is 16.8 Å². The normalized spacial score (nSPS) is 14.0. The summed E-state index contributed by atoms with van der Waals surface area (Å²) in [5, 5.41) is 6.19. The largest absolute Gasteiger partial charge is 2.00 e. The number of rotatable bonds is 8. The fraction of sp³-hybridized carbons (Fsp3) is 0.250. The molecule has 0 atom stereocenters. The first kappa shape index (κ1) is 51.6. The van der Waals surface area contributed by atoms with Crippen molar-refractivity contribution in [2.45, 2.75) is 86.3 Å². The van der Waals surface area contributed by atoms with Crippen LogP contribution in [0.1, 0.15) is 62.5 Å². The van der Waals surface area contributed by atoms with Crippen LogP contribution in [0, 0.1) is 13.8 Å². The molecule has 8 rings (SSSR count). The van der Waals surface area contributed by atoms with Gasteiger partial charge in [-0.3, -0.25) is 9.11 Å². The number of benzene rings is 6. The average Bonchev–Trinajstić information content (AvgIpc) is 3.97. The Bertz CT molecular complexity index is 2070. The van der Waals surface area contributed by atoms with Crippen LogP contribution < -0.4 is 21.2 Å². The van der Waals surface area contributed by atoms with Gasteiger partial charge in [0.2, 0.25) is 0 Å². The summed E-state index contributed by atoms with van der Waals surface area (Å²) in [5.41, 5.74) is 3.70. The third kappa shape index (κ3) is 16.5. The predicted molar refractivity (Wildman–Crippen MR) is 245 cm³/mol. The van der Waals surface area contributed by atoms with Gasteiger partial charge in [-0.2, -0.15) is 16.8 Å². The van der Waals surface area contributed by atoms with Gasteiger partial charge in [-0.1, -0.05) is 182 Å². The van der Waals surface area contributed by atoms with Gasteiger partial charge in [-0.25, -0.2) is 0 Å². The first-order chi connectivity index (χ1) is 27.9. The molecule has 0 heterocycles. The SMILES string of the molecule is Cc1ccc(S(=O)(=O)O)cc1.Cc1ccc(S(=O)(=O)O)cc1.[Os+2].[Pd].c1ccc(P(c2ccccc2)C2CCCC2)cc1.c1ccc(P(c2ccccc2)C2CCCC2)cc1. The molecule has 2 saturated carbocycles. The Hall–Kier alpha value is -2.70. The second-order valence-corrected chi connectivity index (χ2v) is 22.4. The Morgan fingerprint density at radius 1 is 0.400 bits per heavy atom. The second kappa shape index (κ2) is 26.0. The standard InChI is InChI=1S/2C17H19P.2C7H8O3S.Os.Pd/c2*1-3-9-15(10-4-1)18(17-13-7-8-14-17)16-11-5-2-6-12-16;2*1-6-2-4-7(5-3-6)11(8,9)10;;/h2*1-6,9-12,17H,7-8,13-14H2;2*2-5H,1H3,(H,8,9,10);;/q;;;;+2;. The second-order valence-electron chi connectivity index (χ2n) is 14.5. The maximum Gasteiger partial charge on any atom is 2.00 e. The van der Waals surface area contributed by atoms with Crippen LogP contribution in [-0.4, -0.2) is 37.3 Å². The van der Waals surface area contributed by atoms with Gasteiger partial charge in [-0.15, -0.1) is 0 Å². The molecule has 0 aliphatic heterocycles. The molecule has 0 unspecified atom stereocenters. The van der Waals surface area contributed by atoms with Crippen molar-refractivity contribution in [3.05, 3.63) is 181 Å². The van der Waals surface area contributed by atoms with Gasteiger partial charge in [-0.05, 0) is 112 Å². The Kier molecular flexibility index (Phi) is 22.4. The molecule has 320 valence electrons. The summed E-state index contributed by atoms with van der Waals surface area (Å²) < 4.78 is 59.1. The van der Waals surface area contributed by atoms with Crippen molar-refractivity contribution in [3.8, 4) is 0 Å². The van der Waals surface area contributed by atoms with E-state index in [4.69, 9.17) is 9.11 Å². The van der Waals surface area contributed by atoms with E-state index in [2.05, 4.69) is 121 Å². The van der Waals surface area contributed by atoms with E-state index in [0.717, 1.165) is 22.4 Å². The zero-order valence-corrected chi connectivity index (χ0v) is 41.4. The molecule has 0 saturated heterocycles. The molecule has 0 radical (unpaired) electrons. The number of aryl methyl sites for hydroxylation is 2. The maximum atomic E-state index is 10.5. The van der Waals surface area contributed by atoms with E-state index in [0.29, 0.717) is 0 Å². The average molecular weight is 1150 g/mol. The van der Waals surface area contributed by atoms with Crippen LogP contribution in [0.2, 0.25) is 0 Å². The molecule has 2 aliphatic carbocycles. The smallest absolute Gasteiger partial charge is 0.282 e. The zero-order chi connectivity index (χ0) is 41.4. The summed E-state index contributed by atoms with van der Waals surface area (Å²) >= 11 is 0. The van der Waals surface area contributed by atoms with Crippen molar-refractivity contribution in [2.24, 2.45) is 0 Å². The fourth-order valence-corrected chi connectivity index (χ4v) is 14.2. The summed E-state index contributed by atoms with van der Waals surface area (Å²) in [6.45, 7) is 3.68. The van der Waals surface area contributed by atoms with Gasteiger partial charge >= 0.3 is 19.8 Å². The van der Waals surface area contributed by atoms with Crippen LogP contribution in [0.5, 0.6) is 0 Å². The van der Waals surface area contributed by atoms with Gasteiger partial charge in [0.1, 0.15) is 0 Å². The quantitative estimate of drug-likeness (QED) is 0.0893. The maximum absolute atomic E-state index is 10.5. The molecule has 2 aliphatic rings. The molecular weight excluding hydrogens is 1100 g/mol. The summed E-state index contributed by atoms with van der Waals surface area (Å²) in [5.74, 6) is 0. The minimum Gasteiger partial charge on any atom is -0.282 e. The third-order valence-electron chi connectivity index (χ3n) is 10.2. The topological polar surface area (TPSA) is 109 Å². The van der Waals surface area contributed by atoms with Gasteiger partial charge in [0.05, 0.1) is 9.79 Å². The van der Waals surface area contributed by atoms with Crippen molar-refractivity contribution >= 4 is 57.3 Å². The van der Waals surface area contributed by atoms with E-state index in [1.807, 2.05) is 13.8 Å². The summed E-state index contributed by atoms with van der Waals surface area (Å²) in [4.78, 5) is -0.133.